The Morgan fingerprint density at radius 1 is 1.14 bits per heavy atom. The summed E-state index contributed by atoms with van der Waals surface area (Å²) in [6, 6.07) is 8.05. The van der Waals surface area contributed by atoms with Gasteiger partial charge in [0.25, 0.3) is 0 Å². The van der Waals surface area contributed by atoms with Crippen LogP contribution in [0.4, 0.5) is 8.78 Å². The highest BCUT2D eigenvalue weighted by atomic mass is 79.9. The molecular formula is C16H15BrClF2N. The molecule has 1 nitrogen and oxygen atoms in total. The summed E-state index contributed by atoms with van der Waals surface area (Å²) in [5, 5.41) is 3.65. The first-order valence-corrected chi connectivity index (χ1v) is 7.75. The fourth-order valence-corrected chi connectivity index (χ4v) is 2.99. The third-order valence-electron chi connectivity index (χ3n) is 3.30. The van der Waals surface area contributed by atoms with Crippen molar-refractivity contribution in [3.63, 3.8) is 0 Å². The average molecular weight is 375 g/mol. The lowest BCUT2D eigenvalue weighted by Crippen LogP contribution is -2.24. The van der Waals surface area contributed by atoms with Crippen LogP contribution in [-0.4, -0.2) is 6.54 Å². The van der Waals surface area contributed by atoms with Crippen LogP contribution in [0.25, 0.3) is 0 Å². The molecule has 112 valence electrons. The SMILES string of the molecule is CCNC(c1ccc(Br)cc1Cl)c1ccc(C)c(F)c1F. The maximum atomic E-state index is 14.3. The molecule has 0 saturated carbocycles. The summed E-state index contributed by atoms with van der Waals surface area (Å²) in [6.45, 7) is 4.05. The molecule has 1 atom stereocenters. The third kappa shape index (κ3) is 3.44. The van der Waals surface area contributed by atoms with Crippen molar-refractivity contribution in [1.29, 1.82) is 0 Å². The van der Waals surface area contributed by atoms with Crippen molar-refractivity contribution >= 4 is 27.5 Å². The van der Waals surface area contributed by atoms with E-state index in [9.17, 15) is 8.78 Å². The predicted molar refractivity (Wildman–Crippen MR) is 85.8 cm³/mol. The molecule has 21 heavy (non-hydrogen) atoms. The molecule has 2 rings (SSSR count). The second-order valence-electron chi connectivity index (χ2n) is 4.76. The fourth-order valence-electron chi connectivity index (χ4n) is 2.21. The van der Waals surface area contributed by atoms with E-state index in [2.05, 4.69) is 21.2 Å². The molecule has 0 spiro atoms. The molecule has 0 aliphatic rings. The van der Waals surface area contributed by atoms with Crippen LogP contribution in [0.15, 0.2) is 34.8 Å². The van der Waals surface area contributed by atoms with Crippen molar-refractivity contribution in [3.05, 3.63) is 68.2 Å². The number of halogens is 4. The van der Waals surface area contributed by atoms with E-state index in [0.29, 0.717) is 17.1 Å². The lowest BCUT2D eigenvalue weighted by molar-refractivity contribution is 0.478. The molecule has 0 bridgehead atoms. The van der Waals surface area contributed by atoms with Gasteiger partial charge in [0.2, 0.25) is 0 Å². The molecule has 2 aromatic carbocycles. The number of aryl methyl sites for hydroxylation is 1. The van der Waals surface area contributed by atoms with Crippen molar-refractivity contribution < 1.29 is 8.78 Å². The van der Waals surface area contributed by atoms with Crippen LogP contribution in [0.1, 0.15) is 29.7 Å². The van der Waals surface area contributed by atoms with Crippen molar-refractivity contribution in [3.8, 4) is 0 Å². The molecule has 0 amide bonds. The summed E-state index contributed by atoms with van der Waals surface area (Å²) in [6.07, 6.45) is 0. The Balaban J connectivity index is 2.56. The van der Waals surface area contributed by atoms with Gasteiger partial charge in [0.05, 0.1) is 6.04 Å². The zero-order chi connectivity index (χ0) is 15.6. The van der Waals surface area contributed by atoms with Gasteiger partial charge in [-0.15, -0.1) is 0 Å². The Morgan fingerprint density at radius 3 is 2.43 bits per heavy atom. The lowest BCUT2D eigenvalue weighted by Gasteiger charge is -2.21. The molecular weight excluding hydrogens is 360 g/mol. The van der Waals surface area contributed by atoms with Gasteiger partial charge in [0.15, 0.2) is 11.6 Å². The van der Waals surface area contributed by atoms with Gasteiger partial charge in [-0.3, -0.25) is 0 Å². The maximum absolute atomic E-state index is 14.3. The Bertz CT molecular complexity index is 661. The van der Waals surface area contributed by atoms with E-state index in [4.69, 9.17) is 11.6 Å². The quantitative estimate of drug-likeness (QED) is 0.757. The van der Waals surface area contributed by atoms with Gasteiger partial charge in [0.1, 0.15) is 0 Å². The van der Waals surface area contributed by atoms with Gasteiger partial charge in [-0.2, -0.15) is 0 Å². The number of rotatable bonds is 4. The second kappa shape index (κ2) is 6.86. The van der Waals surface area contributed by atoms with Gasteiger partial charge in [0, 0.05) is 15.1 Å². The van der Waals surface area contributed by atoms with Gasteiger partial charge in [-0.25, -0.2) is 8.78 Å². The highest BCUT2D eigenvalue weighted by Crippen LogP contribution is 2.32. The Morgan fingerprint density at radius 2 is 1.81 bits per heavy atom. The topological polar surface area (TPSA) is 12.0 Å². The molecule has 2 aromatic rings. The second-order valence-corrected chi connectivity index (χ2v) is 6.08. The molecule has 1 unspecified atom stereocenters. The third-order valence-corrected chi connectivity index (χ3v) is 4.12. The van der Waals surface area contributed by atoms with Gasteiger partial charge < -0.3 is 5.32 Å². The van der Waals surface area contributed by atoms with Crippen molar-refractivity contribution in [2.45, 2.75) is 19.9 Å². The zero-order valence-corrected chi connectivity index (χ0v) is 14.0. The first-order chi connectivity index (χ1) is 9.95. The summed E-state index contributed by atoms with van der Waals surface area (Å²) < 4.78 is 28.9. The Labute approximate surface area is 136 Å². The molecule has 0 radical (unpaired) electrons. The minimum absolute atomic E-state index is 0.254. The summed E-state index contributed by atoms with van der Waals surface area (Å²) >= 11 is 9.58. The van der Waals surface area contributed by atoms with E-state index < -0.39 is 17.7 Å². The molecule has 0 saturated heterocycles. The Kier molecular flexibility index (Phi) is 5.36. The minimum Gasteiger partial charge on any atom is -0.306 e. The van der Waals surface area contributed by atoms with Crippen LogP contribution in [0, 0.1) is 18.6 Å². The minimum atomic E-state index is -0.833. The van der Waals surface area contributed by atoms with Crippen LogP contribution >= 0.6 is 27.5 Å². The molecule has 0 aliphatic heterocycles. The van der Waals surface area contributed by atoms with Crippen LogP contribution in [-0.2, 0) is 0 Å². The Hall–Kier alpha value is -0.970. The zero-order valence-electron chi connectivity index (χ0n) is 11.7. The number of benzene rings is 2. The lowest BCUT2D eigenvalue weighted by atomic mass is 9.96. The summed E-state index contributed by atoms with van der Waals surface area (Å²) in [5.41, 5.74) is 1.25. The van der Waals surface area contributed by atoms with Crippen LogP contribution in [0.2, 0.25) is 5.02 Å². The number of hydrogen-bond acceptors (Lipinski definition) is 1. The first kappa shape index (κ1) is 16.4. The standard InChI is InChI=1S/C16H15BrClF2N/c1-3-21-16(11-7-5-10(17)8-13(11)18)12-6-4-9(2)14(19)15(12)20/h4-8,16,21H,3H2,1-2H3. The summed E-state index contributed by atoms with van der Waals surface area (Å²) in [7, 11) is 0. The smallest absolute Gasteiger partial charge is 0.164 e. The first-order valence-electron chi connectivity index (χ1n) is 6.58. The maximum Gasteiger partial charge on any atom is 0.164 e. The van der Waals surface area contributed by atoms with E-state index >= 15 is 0 Å². The predicted octanol–water partition coefficient (Wildman–Crippen LogP) is 5.39. The van der Waals surface area contributed by atoms with E-state index in [-0.39, 0.29) is 11.1 Å². The normalized spacial score (nSPS) is 12.5. The van der Waals surface area contributed by atoms with Crippen LogP contribution < -0.4 is 5.32 Å². The highest BCUT2D eigenvalue weighted by Gasteiger charge is 2.22. The van der Waals surface area contributed by atoms with E-state index in [1.807, 2.05) is 13.0 Å². The van der Waals surface area contributed by atoms with Gasteiger partial charge in [-0.05, 0) is 36.7 Å². The molecule has 0 aliphatic carbocycles. The average Bonchev–Trinajstić information content (AvgIpc) is 2.44. The van der Waals surface area contributed by atoms with Gasteiger partial charge >= 0.3 is 0 Å². The van der Waals surface area contributed by atoms with Crippen molar-refractivity contribution in [2.24, 2.45) is 0 Å². The number of nitrogens with one attached hydrogen (secondary N) is 1. The highest BCUT2D eigenvalue weighted by molar-refractivity contribution is 9.10. The molecule has 0 aromatic heterocycles. The number of hydrogen-bond donors (Lipinski definition) is 1. The van der Waals surface area contributed by atoms with Crippen molar-refractivity contribution in [1.82, 2.24) is 5.32 Å². The monoisotopic (exact) mass is 373 g/mol. The molecule has 5 heteroatoms. The summed E-state index contributed by atoms with van der Waals surface area (Å²) in [5.74, 6) is -1.65. The molecule has 0 heterocycles. The largest absolute Gasteiger partial charge is 0.306 e. The fraction of sp³-hybridized carbons (Fsp3) is 0.250. The van der Waals surface area contributed by atoms with Crippen LogP contribution in [0.5, 0.6) is 0 Å². The van der Waals surface area contributed by atoms with E-state index in [0.717, 1.165) is 4.47 Å². The molecule has 0 fully saturated rings. The van der Waals surface area contributed by atoms with E-state index in [1.165, 1.54) is 6.92 Å². The molecule has 1 N–H and O–H groups in total. The van der Waals surface area contributed by atoms with Crippen molar-refractivity contribution in [2.75, 3.05) is 6.54 Å². The van der Waals surface area contributed by atoms with E-state index in [1.54, 1.807) is 24.3 Å². The van der Waals surface area contributed by atoms with Gasteiger partial charge in [-0.1, -0.05) is 52.7 Å². The summed E-state index contributed by atoms with van der Waals surface area (Å²) in [4.78, 5) is 0. The van der Waals surface area contributed by atoms with Crippen LogP contribution in [0.3, 0.4) is 0 Å².